The first-order valence-electron chi connectivity index (χ1n) is 15.6. The van der Waals surface area contributed by atoms with Crippen LogP contribution in [-0.4, -0.2) is 74.5 Å². The third kappa shape index (κ3) is 9.21. The maximum Gasteiger partial charge on any atom is 0.495 e. The number of carbonyl (C=O) groups excluding carboxylic acids is 2. The summed E-state index contributed by atoms with van der Waals surface area (Å²) in [6.07, 6.45) is 4.36. The van der Waals surface area contributed by atoms with E-state index in [-0.39, 0.29) is 57.7 Å². The lowest BCUT2D eigenvalue weighted by atomic mass is 9.78. The molecule has 2 aliphatic carbocycles. The molecule has 0 bridgehead atoms. The summed E-state index contributed by atoms with van der Waals surface area (Å²) in [5, 5.41) is 18.3. The van der Waals surface area contributed by atoms with Crippen LogP contribution in [0.5, 0.6) is 23.0 Å². The van der Waals surface area contributed by atoms with E-state index >= 15 is 0 Å². The first-order valence-corrected chi connectivity index (χ1v) is 15.6. The van der Waals surface area contributed by atoms with E-state index in [1.165, 1.54) is 26.4 Å². The van der Waals surface area contributed by atoms with E-state index in [1.54, 1.807) is 6.07 Å². The van der Waals surface area contributed by atoms with Crippen molar-refractivity contribution in [1.82, 2.24) is 0 Å². The van der Waals surface area contributed by atoms with E-state index in [2.05, 4.69) is 9.47 Å². The maximum absolute atomic E-state index is 13.0. The standard InChI is InChI=1S/C19H25BF2O5.C13H15BF2O5/c1-18(2)19(3,4)27-20(26-18)12-9-14(24-5)16(13(23)8-11-6-7-11)15(10-12)25-17(21)22;1-20-10-5-8(14(18)19)6-11(21-13(15)16)12(10)9(17)4-7-2-3-7/h9-11,17H,6-8H2,1-5H3;5-7,13,18-19H,2-4H2,1H3. The Morgan fingerprint density at radius 2 is 1.15 bits per heavy atom. The fraction of sp³-hybridized carbons (Fsp3) is 0.562. The van der Waals surface area contributed by atoms with Crippen LogP contribution in [0.15, 0.2) is 24.3 Å². The topological polar surface area (TPSA) is 130 Å². The number of Topliss-reactive ketones (excluding diaryl/α,β-unsaturated/α-hetero) is 2. The van der Waals surface area contributed by atoms with E-state index < -0.39 is 44.4 Å². The van der Waals surface area contributed by atoms with Crippen LogP contribution in [0, 0.1) is 11.8 Å². The van der Waals surface area contributed by atoms with Gasteiger partial charge in [-0.1, -0.05) is 0 Å². The molecule has 2 aromatic rings. The molecular formula is C32H40B2F4O10. The fourth-order valence-electron chi connectivity index (χ4n) is 5.11. The molecule has 10 nitrogen and oxygen atoms in total. The molecule has 48 heavy (non-hydrogen) atoms. The second kappa shape index (κ2) is 15.1. The number of methoxy groups -OCH3 is 2. The highest BCUT2D eigenvalue weighted by molar-refractivity contribution is 6.62. The molecule has 3 fully saturated rings. The monoisotopic (exact) mass is 682 g/mol. The van der Waals surface area contributed by atoms with Gasteiger partial charge in [0.05, 0.1) is 25.4 Å². The number of carbonyl (C=O) groups is 2. The molecule has 0 unspecified atom stereocenters. The number of hydrogen-bond donors (Lipinski definition) is 2. The van der Waals surface area contributed by atoms with E-state index in [4.69, 9.17) is 28.8 Å². The average Bonchev–Trinajstić information content (AvgIpc) is 3.92. The molecule has 5 rings (SSSR count). The molecule has 0 atom stereocenters. The Morgan fingerprint density at radius 3 is 1.52 bits per heavy atom. The van der Waals surface area contributed by atoms with Crippen LogP contribution < -0.4 is 29.9 Å². The molecule has 3 aliphatic rings. The van der Waals surface area contributed by atoms with Crippen molar-refractivity contribution in [2.45, 2.75) is 90.6 Å². The van der Waals surface area contributed by atoms with Gasteiger partial charge in [0, 0.05) is 12.8 Å². The minimum Gasteiger partial charge on any atom is -0.496 e. The largest absolute Gasteiger partial charge is 0.496 e. The van der Waals surface area contributed by atoms with Crippen LogP contribution >= 0.6 is 0 Å². The number of hydrogen-bond acceptors (Lipinski definition) is 10. The van der Waals surface area contributed by atoms with Gasteiger partial charge in [0.2, 0.25) is 0 Å². The van der Waals surface area contributed by atoms with Gasteiger partial charge in [-0.2, -0.15) is 17.6 Å². The number of alkyl halides is 4. The third-order valence-electron chi connectivity index (χ3n) is 8.77. The molecule has 16 heteroatoms. The SMILES string of the molecule is COc1cc(B(O)O)cc(OC(F)F)c1C(=O)CC1CC1.COc1cc(B2OC(C)(C)C(C)(C)O2)cc(OC(F)F)c1C(=O)CC1CC1. The number of rotatable bonds is 14. The summed E-state index contributed by atoms with van der Waals surface area (Å²) in [6.45, 7) is 1.40. The summed E-state index contributed by atoms with van der Waals surface area (Å²) in [6, 6.07) is 5.22. The second-order valence-corrected chi connectivity index (χ2v) is 13.1. The highest BCUT2D eigenvalue weighted by atomic mass is 19.3. The molecular weight excluding hydrogens is 642 g/mol. The molecule has 1 heterocycles. The number of benzene rings is 2. The molecule has 0 radical (unpaired) electrons. The Kier molecular flexibility index (Phi) is 11.8. The van der Waals surface area contributed by atoms with Crippen molar-refractivity contribution in [2.24, 2.45) is 11.8 Å². The molecule has 0 aromatic heterocycles. The quantitative estimate of drug-likeness (QED) is 0.167. The predicted octanol–water partition coefficient (Wildman–Crippen LogP) is 4.54. The van der Waals surface area contributed by atoms with Gasteiger partial charge >= 0.3 is 27.5 Å². The zero-order valence-corrected chi connectivity index (χ0v) is 27.7. The van der Waals surface area contributed by atoms with Crippen LogP contribution in [-0.2, 0) is 9.31 Å². The van der Waals surface area contributed by atoms with Crippen molar-refractivity contribution in [3.63, 3.8) is 0 Å². The molecule has 0 amide bonds. The third-order valence-corrected chi connectivity index (χ3v) is 8.77. The van der Waals surface area contributed by atoms with Gasteiger partial charge in [-0.15, -0.1) is 0 Å². The minimum absolute atomic E-state index is 0.0121. The minimum atomic E-state index is -3.13. The summed E-state index contributed by atoms with van der Waals surface area (Å²) in [7, 11) is -0.00481. The number of ketones is 2. The lowest BCUT2D eigenvalue weighted by Gasteiger charge is -2.32. The van der Waals surface area contributed by atoms with Gasteiger partial charge in [-0.25, -0.2) is 0 Å². The maximum atomic E-state index is 13.0. The van der Waals surface area contributed by atoms with Crippen molar-refractivity contribution in [2.75, 3.05) is 14.2 Å². The average molecular weight is 682 g/mol. The molecule has 2 aromatic carbocycles. The Bertz CT molecular complexity index is 1460. The van der Waals surface area contributed by atoms with E-state index in [0.717, 1.165) is 31.7 Å². The first kappa shape index (κ1) is 37.5. The summed E-state index contributed by atoms with van der Waals surface area (Å²) in [4.78, 5) is 24.9. The van der Waals surface area contributed by atoms with E-state index in [0.29, 0.717) is 17.8 Å². The van der Waals surface area contributed by atoms with Crippen molar-refractivity contribution < 1.29 is 65.5 Å². The molecule has 262 valence electrons. The van der Waals surface area contributed by atoms with Crippen LogP contribution in [0.2, 0.25) is 0 Å². The Hall–Kier alpha value is -3.33. The lowest BCUT2D eigenvalue weighted by molar-refractivity contribution is -0.0509. The van der Waals surface area contributed by atoms with Gasteiger partial charge < -0.3 is 38.3 Å². The van der Waals surface area contributed by atoms with Gasteiger partial charge in [0.15, 0.2) is 11.6 Å². The molecule has 2 saturated carbocycles. The Morgan fingerprint density at radius 1 is 0.771 bits per heavy atom. The zero-order chi connectivity index (χ0) is 35.6. The van der Waals surface area contributed by atoms with E-state index in [9.17, 15) is 27.2 Å². The fourth-order valence-corrected chi connectivity index (χ4v) is 5.11. The van der Waals surface area contributed by atoms with Crippen LogP contribution in [0.1, 0.15) is 86.9 Å². The van der Waals surface area contributed by atoms with Crippen molar-refractivity contribution in [3.8, 4) is 23.0 Å². The summed E-state index contributed by atoms with van der Waals surface area (Å²) in [5.41, 5.74) is -0.849. The smallest absolute Gasteiger partial charge is 0.495 e. The highest BCUT2D eigenvalue weighted by Crippen LogP contribution is 2.40. The number of halogens is 4. The van der Waals surface area contributed by atoms with Gasteiger partial charge in [0.25, 0.3) is 0 Å². The normalized spacial score (nSPS) is 17.9. The van der Waals surface area contributed by atoms with E-state index in [1.807, 2.05) is 27.7 Å². The second-order valence-electron chi connectivity index (χ2n) is 13.1. The first-order chi connectivity index (χ1) is 22.5. The number of ether oxygens (including phenoxy) is 4. The van der Waals surface area contributed by atoms with Crippen molar-refractivity contribution >= 4 is 36.7 Å². The predicted molar refractivity (Wildman–Crippen MR) is 168 cm³/mol. The van der Waals surface area contributed by atoms with Gasteiger partial charge in [-0.3, -0.25) is 9.59 Å². The summed E-state index contributed by atoms with van der Waals surface area (Å²) < 4.78 is 82.3. The van der Waals surface area contributed by atoms with Gasteiger partial charge in [-0.05, 0) is 100 Å². The van der Waals surface area contributed by atoms with Crippen molar-refractivity contribution in [3.05, 3.63) is 35.4 Å². The summed E-state index contributed by atoms with van der Waals surface area (Å²) >= 11 is 0. The molecule has 1 aliphatic heterocycles. The summed E-state index contributed by atoms with van der Waals surface area (Å²) in [5.74, 6) is -0.480. The van der Waals surface area contributed by atoms with Crippen LogP contribution in [0.3, 0.4) is 0 Å². The van der Waals surface area contributed by atoms with Crippen LogP contribution in [0.4, 0.5) is 17.6 Å². The van der Waals surface area contributed by atoms with Gasteiger partial charge in [0.1, 0.15) is 34.1 Å². The molecule has 2 N–H and O–H groups in total. The molecule has 0 spiro atoms. The van der Waals surface area contributed by atoms with Crippen molar-refractivity contribution in [1.29, 1.82) is 0 Å². The Labute approximate surface area is 277 Å². The zero-order valence-electron chi connectivity index (χ0n) is 27.7. The highest BCUT2D eigenvalue weighted by Gasteiger charge is 2.52. The Balaban J connectivity index is 0.000000224. The molecule has 1 saturated heterocycles. The van der Waals surface area contributed by atoms with Crippen LogP contribution in [0.25, 0.3) is 0 Å². The lowest BCUT2D eigenvalue weighted by Crippen LogP contribution is -2.41.